The predicted molar refractivity (Wildman–Crippen MR) is 85.6 cm³/mol. The molecule has 0 heterocycles. The number of rotatable bonds is 7. The van der Waals surface area contributed by atoms with Crippen LogP contribution in [0, 0.1) is 11.7 Å². The molecule has 0 amide bonds. The zero-order valence-corrected chi connectivity index (χ0v) is 13.7. The van der Waals surface area contributed by atoms with Crippen molar-refractivity contribution < 1.29 is 4.39 Å². The zero-order valence-electron chi connectivity index (χ0n) is 13.7. The minimum Gasteiger partial charge on any atom is -0.311 e. The summed E-state index contributed by atoms with van der Waals surface area (Å²) in [4.78, 5) is 0. The normalized spacial score (nSPS) is 15.1. The van der Waals surface area contributed by atoms with Crippen LogP contribution in [0.4, 0.5) is 4.39 Å². The summed E-state index contributed by atoms with van der Waals surface area (Å²) >= 11 is 0. The summed E-state index contributed by atoms with van der Waals surface area (Å²) in [6, 6.07) is 7.08. The summed E-state index contributed by atoms with van der Waals surface area (Å²) in [6.07, 6.45) is 3.56. The van der Waals surface area contributed by atoms with Gasteiger partial charge in [0.1, 0.15) is 5.82 Å². The van der Waals surface area contributed by atoms with Crippen molar-refractivity contribution in [2.24, 2.45) is 5.92 Å². The smallest absolute Gasteiger partial charge is 0.123 e. The van der Waals surface area contributed by atoms with Crippen LogP contribution in [0.15, 0.2) is 24.3 Å². The Morgan fingerprint density at radius 2 is 1.95 bits per heavy atom. The first-order chi connectivity index (χ1) is 9.31. The van der Waals surface area contributed by atoms with Crippen molar-refractivity contribution in [1.82, 2.24) is 5.32 Å². The number of halogens is 1. The topological polar surface area (TPSA) is 12.0 Å². The first-order valence-electron chi connectivity index (χ1n) is 7.82. The van der Waals surface area contributed by atoms with Crippen molar-refractivity contribution >= 4 is 0 Å². The molecule has 2 unspecified atom stereocenters. The van der Waals surface area contributed by atoms with E-state index in [1.165, 1.54) is 18.9 Å². The van der Waals surface area contributed by atoms with E-state index in [1.807, 2.05) is 6.07 Å². The van der Waals surface area contributed by atoms with E-state index in [-0.39, 0.29) is 11.4 Å². The second-order valence-electron chi connectivity index (χ2n) is 7.01. The van der Waals surface area contributed by atoms with Gasteiger partial charge in [0.15, 0.2) is 0 Å². The largest absolute Gasteiger partial charge is 0.311 e. The molecule has 0 bridgehead atoms. The summed E-state index contributed by atoms with van der Waals surface area (Å²) in [5.74, 6) is 0.924. The molecular weight excluding hydrogens is 249 g/mol. The lowest BCUT2D eigenvalue weighted by Crippen LogP contribution is -2.38. The second kappa shape index (κ2) is 7.78. The minimum atomic E-state index is -0.133. The van der Waals surface area contributed by atoms with E-state index in [2.05, 4.69) is 46.0 Å². The molecule has 1 aromatic rings. The lowest BCUT2D eigenvalue weighted by molar-refractivity contribution is 0.366. The quantitative estimate of drug-likeness (QED) is 0.730. The van der Waals surface area contributed by atoms with Crippen LogP contribution in [0.3, 0.4) is 0 Å². The summed E-state index contributed by atoms with van der Waals surface area (Å²) < 4.78 is 13.5. The molecule has 0 aliphatic rings. The van der Waals surface area contributed by atoms with Gasteiger partial charge in [-0.05, 0) is 56.7 Å². The molecule has 1 N–H and O–H groups in total. The van der Waals surface area contributed by atoms with Gasteiger partial charge >= 0.3 is 0 Å². The van der Waals surface area contributed by atoms with E-state index < -0.39 is 0 Å². The van der Waals surface area contributed by atoms with Gasteiger partial charge in [0, 0.05) is 12.1 Å². The van der Waals surface area contributed by atoms with Gasteiger partial charge in [-0.15, -0.1) is 0 Å². The van der Waals surface area contributed by atoms with Crippen molar-refractivity contribution in [2.75, 3.05) is 6.54 Å². The van der Waals surface area contributed by atoms with Gasteiger partial charge < -0.3 is 5.32 Å². The highest BCUT2D eigenvalue weighted by molar-refractivity contribution is 5.21. The highest BCUT2D eigenvalue weighted by Crippen LogP contribution is 2.26. The van der Waals surface area contributed by atoms with Crippen LogP contribution in [0.5, 0.6) is 0 Å². The molecule has 0 aromatic heterocycles. The van der Waals surface area contributed by atoms with Gasteiger partial charge in [0.25, 0.3) is 0 Å². The van der Waals surface area contributed by atoms with Crippen molar-refractivity contribution in [1.29, 1.82) is 0 Å². The molecule has 20 heavy (non-hydrogen) atoms. The standard InChI is InChI=1S/C18H30FN/c1-6-8-14(2)11-16(13-20-18(3,4)5)15-9-7-10-17(19)12-15/h7,9-10,12,14,16,20H,6,8,11,13H2,1-5H3. The average Bonchev–Trinajstić information content (AvgIpc) is 2.33. The van der Waals surface area contributed by atoms with Crippen LogP contribution in [0.25, 0.3) is 0 Å². The van der Waals surface area contributed by atoms with E-state index in [4.69, 9.17) is 0 Å². The Kier molecular flexibility index (Phi) is 6.67. The van der Waals surface area contributed by atoms with Gasteiger partial charge in [-0.2, -0.15) is 0 Å². The van der Waals surface area contributed by atoms with Crippen LogP contribution >= 0.6 is 0 Å². The predicted octanol–water partition coefficient (Wildman–Crippen LogP) is 5.12. The van der Waals surface area contributed by atoms with Crippen molar-refractivity contribution in [3.05, 3.63) is 35.6 Å². The molecule has 0 saturated carbocycles. The Hall–Kier alpha value is -0.890. The maximum atomic E-state index is 13.5. The van der Waals surface area contributed by atoms with Gasteiger partial charge in [-0.3, -0.25) is 0 Å². The fraction of sp³-hybridized carbons (Fsp3) is 0.667. The number of nitrogens with one attached hydrogen (secondary N) is 1. The highest BCUT2D eigenvalue weighted by Gasteiger charge is 2.18. The van der Waals surface area contributed by atoms with Gasteiger partial charge in [0.05, 0.1) is 0 Å². The Balaban J connectivity index is 2.78. The molecule has 0 radical (unpaired) electrons. The summed E-state index contributed by atoms with van der Waals surface area (Å²) in [6.45, 7) is 11.9. The maximum absolute atomic E-state index is 13.5. The van der Waals surface area contributed by atoms with E-state index >= 15 is 0 Å². The van der Waals surface area contributed by atoms with E-state index in [0.717, 1.165) is 18.5 Å². The summed E-state index contributed by atoms with van der Waals surface area (Å²) in [7, 11) is 0. The zero-order chi connectivity index (χ0) is 15.2. The molecule has 1 nitrogen and oxygen atoms in total. The molecular formula is C18H30FN. The molecule has 0 spiro atoms. The van der Waals surface area contributed by atoms with E-state index in [1.54, 1.807) is 6.07 Å². The van der Waals surface area contributed by atoms with Crippen molar-refractivity contribution in [3.8, 4) is 0 Å². The number of benzene rings is 1. The SMILES string of the molecule is CCCC(C)CC(CNC(C)(C)C)c1cccc(F)c1. The summed E-state index contributed by atoms with van der Waals surface area (Å²) in [5.41, 5.74) is 1.21. The monoisotopic (exact) mass is 279 g/mol. The molecule has 2 atom stereocenters. The van der Waals surface area contributed by atoms with Crippen LogP contribution < -0.4 is 5.32 Å². The van der Waals surface area contributed by atoms with Crippen LogP contribution in [0.1, 0.15) is 65.4 Å². The minimum absolute atomic E-state index is 0.0968. The Bertz CT molecular complexity index is 395. The molecule has 0 saturated heterocycles. The maximum Gasteiger partial charge on any atom is 0.123 e. The third-order valence-electron chi connectivity index (χ3n) is 3.67. The Morgan fingerprint density at radius 1 is 1.25 bits per heavy atom. The lowest BCUT2D eigenvalue weighted by Gasteiger charge is -2.27. The third kappa shape index (κ3) is 6.51. The van der Waals surface area contributed by atoms with Crippen LogP contribution in [-0.2, 0) is 0 Å². The fourth-order valence-corrected chi connectivity index (χ4v) is 2.62. The van der Waals surface area contributed by atoms with E-state index in [0.29, 0.717) is 11.8 Å². The van der Waals surface area contributed by atoms with E-state index in [9.17, 15) is 4.39 Å². The number of hydrogen-bond acceptors (Lipinski definition) is 1. The Morgan fingerprint density at radius 3 is 2.50 bits per heavy atom. The number of hydrogen-bond donors (Lipinski definition) is 1. The highest BCUT2D eigenvalue weighted by atomic mass is 19.1. The van der Waals surface area contributed by atoms with Crippen LogP contribution in [0.2, 0.25) is 0 Å². The third-order valence-corrected chi connectivity index (χ3v) is 3.67. The molecule has 0 aliphatic carbocycles. The van der Waals surface area contributed by atoms with Crippen molar-refractivity contribution in [2.45, 2.75) is 65.3 Å². The molecule has 0 fully saturated rings. The molecule has 2 heteroatoms. The van der Waals surface area contributed by atoms with Gasteiger partial charge in [-0.1, -0.05) is 38.8 Å². The molecule has 114 valence electrons. The Labute approximate surface area is 124 Å². The average molecular weight is 279 g/mol. The second-order valence-corrected chi connectivity index (χ2v) is 7.01. The first-order valence-corrected chi connectivity index (χ1v) is 7.82. The molecule has 1 aromatic carbocycles. The first kappa shape index (κ1) is 17.2. The van der Waals surface area contributed by atoms with Crippen LogP contribution in [-0.4, -0.2) is 12.1 Å². The molecule has 1 rings (SSSR count). The summed E-state index contributed by atoms with van der Waals surface area (Å²) in [5, 5.41) is 3.56. The van der Waals surface area contributed by atoms with Gasteiger partial charge in [0.2, 0.25) is 0 Å². The van der Waals surface area contributed by atoms with Gasteiger partial charge in [-0.25, -0.2) is 4.39 Å². The molecule has 0 aliphatic heterocycles. The van der Waals surface area contributed by atoms with Crippen molar-refractivity contribution in [3.63, 3.8) is 0 Å². The lowest BCUT2D eigenvalue weighted by atomic mass is 9.87. The fourth-order valence-electron chi connectivity index (χ4n) is 2.62.